The molecule has 6 nitrogen and oxygen atoms in total. The monoisotopic (exact) mass is 318 g/mol. The second-order valence-electron chi connectivity index (χ2n) is 4.53. The van der Waals surface area contributed by atoms with Gasteiger partial charge in [-0.2, -0.15) is 0 Å². The van der Waals surface area contributed by atoms with Gasteiger partial charge in [-0.15, -0.1) is 0 Å². The summed E-state index contributed by atoms with van der Waals surface area (Å²) in [5, 5.41) is 20.2. The molecule has 2 N–H and O–H groups in total. The molecule has 0 aliphatic rings. The predicted molar refractivity (Wildman–Crippen MR) is 83.7 cm³/mol. The second kappa shape index (κ2) is 7.58. The topological polar surface area (TPSA) is 92.5 Å². The molecule has 0 heterocycles. The van der Waals surface area contributed by atoms with Gasteiger partial charge in [0.1, 0.15) is 10.9 Å². The van der Waals surface area contributed by atoms with E-state index in [-0.39, 0.29) is 5.69 Å². The van der Waals surface area contributed by atoms with Crippen molar-refractivity contribution in [1.29, 1.82) is 0 Å². The van der Waals surface area contributed by atoms with Crippen molar-refractivity contribution in [2.45, 2.75) is 17.4 Å². The Hall–Kier alpha value is -2.38. The normalized spacial score (nSPS) is 11.8. The van der Waals surface area contributed by atoms with Crippen LogP contribution in [0.15, 0.2) is 59.5 Å². The highest BCUT2D eigenvalue weighted by Crippen LogP contribution is 2.27. The smallest absolute Gasteiger partial charge is 0.321 e. The number of nitro benzene ring substituents is 1. The van der Waals surface area contributed by atoms with Crippen molar-refractivity contribution in [3.8, 4) is 0 Å². The van der Waals surface area contributed by atoms with Crippen LogP contribution in [-0.4, -0.2) is 22.0 Å². The third kappa shape index (κ3) is 4.31. The van der Waals surface area contributed by atoms with Crippen molar-refractivity contribution >= 4 is 23.6 Å². The van der Waals surface area contributed by atoms with Crippen LogP contribution in [0.2, 0.25) is 0 Å². The standard InChI is InChI=1S/C15H14N2O4S/c18-15(19)12(10-11-6-2-1-3-7-11)16-22-14-9-5-4-8-13(14)17(20)21/h1-9,12,16H,10H2,(H,18,19). The van der Waals surface area contributed by atoms with Crippen LogP contribution in [0.25, 0.3) is 0 Å². The van der Waals surface area contributed by atoms with E-state index in [0.717, 1.165) is 17.5 Å². The van der Waals surface area contributed by atoms with Gasteiger partial charge in [-0.05, 0) is 30.0 Å². The van der Waals surface area contributed by atoms with Gasteiger partial charge < -0.3 is 5.11 Å². The largest absolute Gasteiger partial charge is 0.480 e. The van der Waals surface area contributed by atoms with Crippen molar-refractivity contribution in [3.05, 3.63) is 70.3 Å². The van der Waals surface area contributed by atoms with Gasteiger partial charge in [0.15, 0.2) is 0 Å². The van der Waals surface area contributed by atoms with Crippen molar-refractivity contribution in [3.63, 3.8) is 0 Å². The molecule has 7 heteroatoms. The summed E-state index contributed by atoms with van der Waals surface area (Å²) in [5.74, 6) is -1.00. The summed E-state index contributed by atoms with van der Waals surface area (Å²) in [7, 11) is 0. The average Bonchev–Trinajstić information content (AvgIpc) is 2.52. The summed E-state index contributed by atoms with van der Waals surface area (Å²) in [6.07, 6.45) is 0.295. The average molecular weight is 318 g/mol. The van der Waals surface area contributed by atoms with E-state index in [1.165, 1.54) is 6.07 Å². The molecule has 0 fully saturated rings. The zero-order valence-corrected chi connectivity index (χ0v) is 12.3. The first-order chi connectivity index (χ1) is 10.6. The number of aliphatic carboxylic acids is 1. The highest BCUT2D eigenvalue weighted by molar-refractivity contribution is 7.97. The first-order valence-electron chi connectivity index (χ1n) is 6.50. The van der Waals surface area contributed by atoms with E-state index in [2.05, 4.69) is 4.72 Å². The molecule has 0 bridgehead atoms. The van der Waals surface area contributed by atoms with Gasteiger partial charge in [0.25, 0.3) is 5.69 Å². The molecule has 0 radical (unpaired) electrons. The fourth-order valence-corrected chi connectivity index (χ4v) is 2.71. The SMILES string of the molecule is O=C(O)C(Cc1ccccc1)NSc1ccccc1[N+](=O)[O-]. The van der Waals surface area contributed by atoms with Gasteiger partial charge in [-0.25, -0.2) is 4.72 Å². The molecular weight excluding hydrogens is 304 g/mol. The van der Waals surface area contributed by atoms with Gasteiger partial charge in [-0.3, -0.25) is 14.9 Å². The van der Waals surface area contributed by atoms with Gasteiger partial charge in [-0.1, -0.05) is 42.5 Å². The summed E-state index contributed by atoms with van der Waals surface area (Å²) in [6.45, 7) is 0. The Morgan fingerprint density at radius 1 is 1.18 bits per heavy atom. The van der Waals surface area contributed by atoms with Gasteiger partial charge in [0, 0.05) is 6.07 Å². The van der Waals surface area contributed by atoms with Crippen LogP contribution in [0.1, 0.15) is 5.56 Å². The van der Waals surface area contributed by atoms with Crippen LogP contribution in [0.4, 0.5) is 5.69 Å². The van der Waals surface area contributed by atoms with E-state index in [4.69, 9.17) is 0 Å². The van der Waals surface area contributed by atoms with E-state index in [1.54, 1.807) is 18.2 Å². The minimum atomic E-state index is -1.00. The first-order valence-corrected chi connectivity index (χ1v) is 7.32. The van der Waals surface area contributed by atoms with Gasteiger partial charge >= 0.3 is 5.97 Å². The molecule has 0 spiro atoms. The lowest BCUT2D eigenvalue weighted by Gasteiger charge is -2.13. The molecule has 2 rings (SSSR count). The molecule has 2 aromatic rings. The molecule has 0 saturated heterocycles. The molecule has 0 aliphatic carbocycles. The summed E-state index contributed by atoms with van der Waals surface area (Å²) in [6, 6.07) is 14.6. The Morgan fingerprint density at radius 2 is 1.82 bits per heavy atom. The van der Waals surface area contributed by atoms with Gasteiger partial charge in [0.05, 0.1) is 4.92 Å². The number of benzene rings is 2. The first kappa shape index (κ1) is 16.0. The summed E-state index contributed by atoms with van der Waals surface area (Å²) in [4.78, 5) is 22.2. The van der Waals surface area contributed by atoms with E-state index < -0.39 is 16.9 Å². The summed E-state index contributed by atoms with van der Waals surface area (Å²) >= 11 is 0.959. The molecule has 0 aliphatic heterocycles. The van der Waals surface area contributed by atoms with E-state index >= 15 is 0 Å². The fourth-order valence-electron chi connectivity index (χ4n) is 1.86. The lowest BCUT2D eigenvalue weighted by atomic mass is 10.1. The molecule has 22 heavy (non-hydrogen) atoms. The Kier molecular flexibility index (Phi) is 5.51. The van der Waals surface area contributed by atoms with Gasteiger partial charge in [0.2, 0.25) is 0 Å². The highest BCUT2D eigenvalue weighted by atomic mass is 32.2. The van der Waals surface area contributed by atoms with Crippen LogP contribution >= 0.6 is 11.9 Å². The molecule has 2 aromatic carbocycles. The quantitative estimate of drug-likeness (QED) is 0.463. The lowest BCUT2D eigenvalue weighted by Crippen LogP contribution is -2.34. The zero-order chi connectivity index (χ0) is 15.9. The number of hydrogen-bond acceptors (Lipinski definition) is 5. The Balaban J connectivity index is 2.07. The van der Waals surface area contributed by atoms with E-state index in [9.17, 15) is 20.0 Å². The molecule has 0 aromatic heterocycles. The highest BCUT2D eigenvalue weighted by Gasteiger charge is 2.20. The third-order valence-electron chi connectivity index (χ3n) is 2.95. The predicted octanol–water partition coefficient (Wildman–Crippen LogP) is 2.89. The van der Waals surface area contributed by atoms with Crippen LogP contribution in [0.3, 0.4) is 0 Å². The number of nitrogens with one attached hydrogen (secondary N) is 1. The summed E-state index contributed by atoms with van der Waals surface area (Å²) in [5.41, 5.74) is 0.828. The van der Waals surface area contributed by atoms with Crippen molar-refractivity contribution < 1.29 is 14.8 Å². The molecule has 0 amide bonds. The van der Waals surface area contributed by atoms with Crippen molar-refractivity contribution in [2.75, 3.05) is 0 Å². The van der Waals surface area contributed by atoms with Crippen LogP contribution in [0.5, 0.6) is 0 Å². The van der Waals surface area contributed by atoms with Crippen LogP contribution < -0.4 is 4.72 Å². The minimum Gasteiger partial charge on any atom is -0.480 e. The Morgan fingerprint density at radius 3 is 2.45 bits per heavy atom. The maximum atomic E-state index is 11.3. The fraction of sp³-hybridized carbons (Fsp3) is 0.133. The maximum absolute atomic E-state index is 11.3. The Bertz CT molecular complexity index is 664. The minimum absolute atomic E-state index is 0.0520. The second-order valence-corrected chi connectivity index (χ2v) is 5.40. The maximum Gasteiger partial charge on any atom is 0.321 e. The number of carboxylic acids is 1. The zero-order valence-electron chi connectivity index (χ0n) is 11.5. The van der Waals surface area contributed by atoms with Crippen LogP contribution in [-0.2, 0) is 11.2 Å². The number of hydrogen-bond donors (Lipinski definition) is 2. The molecular formula is C15H14N2O4S. The Labute approximate surface area is 131 Å². The van der Waals surface area contributed by atoms with E-state index in [1.807, 2.05) is 30.3 Å². The number of para-hydroxylation sites is 1. The molecule has 114 valence electrons. The number of nitro groups is 1. The third-order valence-corrected chi connectivity index (χ3v) is 3.92. The molecule has 1 atom stereocenters. The van der Waals surface area contributed by atoms with E-state index in [0.29, 0.717) is 11.3 Å². The summed E-state index contributed by atoms with van der Waals surface area (Å²) < 4.78 is 2.79. The van der Waals surface area contributed by atoms with Crippen molar-refractivity contribution in [2.24, 2.45) is 0 Å². The number of carboxylic acid groups (broad SMARTS) is 1. The number of carbonyl (C=O) groups is 1. The number of nitrogens with zero attached hydrogens (tertiary/aromatic N) is 1. The lowest BCUT2D eigenvalue weighted by molar-refractivity contribution is -0.387. The number of rotatable bonds is 7. The molecule has 1 unspecified atom stereocenters. The van der Waals surface area contributed by atoms with Crippen LogP contribution in [0, 0.1) is 10.1 Å². The molecule has 0 saturated carbocycles. The van der Waals surface area contributed by atoms with Crippen molar-refractivity contribution in [1.82, 2.24) is 4.72 Å².